The molecule has 0 amide bonds. The number of nitrogens with one attached hydrogen (secondary N) is 2. The number of thiophene rings is 1. The number of benzene rings is 1. The number of hydrogen-bond acceptors (Lipinski definition) is 4. The van der Waals surface area contributed by atoms with Crippen molar-refractivity contribution < 1.29 is 0 Å². The largest absolute Gasteiger partial charge is 0.399 e. The number of fused-ring (bicyclic) bond motifs is 1. The average molecular weight is 286 g/mol. The second-order valence-electron chi connectivity index (χ2n) is 5.12. The van der Waals surface area contributed by atoms with Crippen LogP contribution in [0.15, 0.2) is 30.3 Å². The summed E-state index contributed by atoms with van der Waals surface area (Å²) < 4.78 is 0. The minimum absolute atomic E-state index is 0.325. The number of aryl methyl sites for hydroxylation is 1. The lowest BCUT2D eigenvalue weighted by Crippen LogP contribution is -2.18. The summed E-state index contributed by atoms with van der Waals surface area (Å²) in [6.45, 7) is 4.30. The minimum atomic E-state index is 0.325. The quantitative estimate of drug-likeness (QED) is 0.642. The van der Waals surface area contributed by atoms with E-state index >= 15 is 0 Å². The van der Waals surface area contributed by atoms with Crippen LogP contribution in [0.4, 0.5) is 11.6 Å². The highest BCUT2D eigenvalue weighted by atomic mass is 32.1. The van der Waals surface area contributed by atoms with Gasteiger partial charge in [0.2, 0.25) is 5.95 Å². The maximum Gasteiger partial charge on any atom is 0.201 e. The molecule has 0 radical (unpaired) electrons. The van der Waals surface area contributed by atoms with Gasteiger partial charge < -0.3 is 16.0 Å². The van der Waals surface area contributed by atoms with Crippen molar-refractivity contribution in [2.45, 2.75) is 26.3 Å². The molecule has 1 aromatic carbocycles. The molecule has 0 aliphatic rings. The zero-order valence-electron chi connectivity index (χ0n) is 11.6. The Morgan fingerprint density at radius 3 is 2.95 bits per heavy atom. The van der Waals surface area contributed by atoms with E-state index in [4.69, 9.17) is 5.73 Å². The third-order valence-corrected chi connectivity index (χ3v) is 4.22. The minimum Gasteiger partial charge on any atom is -0.399 e. The molecule has 0 saturated carbocycles. The first-order chi connectivity index (χ1) is 9.60. The molecule has 0 aliphatic heterocycles. The lowest BCUT2D eigenvalue weighted by Gasteiger charge is -2.11. The summed E-state index contributed by atoms with van der Waals surface area (Å²) in [7, 11) is 0. The summed E-state index contributed by atoms with van der Waals surface area (Å²) in [4.78, 5) is 10.5. The molecule has 0 spiro atoms. The zero-order valence-corrected chi connectivity index (χ0v) is 12.4. The molecule has 20 heavy (non-hydrogen) atoms. The van der Waals surface area contributed by atoms with E-state index in [1.165, 1.54) is 9.75 Å². The first-order valence-corrected chi connectivity index (χ1v) is 7.49. The molecule has 0 bridgehead atoms. The standard InChI is InChI=1S/C15H18N4S/c1-9(7-12-5-3-10(2)20-12)17-15-18-13-6-4-11(16)8-14(13)19-15/h3-6,8-9H,7,16H2,1-2H3,(H2,17,18,19). The number of imidazole rings is 1. The highest BCUT2D eigenvalue weighted by molar-refractivity contribution is 7.11. The first kappa shape index (κ1) is 13.0. The van der Waals surface area contributed by atoms with Crippen LogP contribution in [0, 0.1) is 6.92 Å². The lowest BCUT2D eigenvalue weighted by molar-refractivity contribution is 0.791. The van der Waals surface area contributed by atoms with E-state index in [0.717, 1.165) is 29.1 Å². The van der Waals surface area contributed by atoms with Gasteiger partial charge in [0, 0.05) is 27.9 Å². The lowest BCUT2D eigenvalue weighted by atomic mass is 10.2. The molecule has 1 unspecified atom stereocenters. The molecular formula is C15H18N4S. The number of aromatic nitrogens is 2. The molecule has 0 aliphatic carbocycles. The Kier molecular flexibility index (Phi) is 3.36. The summed E-state index contributed by atoms with van der Waals surface area (Å²) in [6.07, 6.45) is 0.998. The predicted octanol–water partition coefficient (Wildman–Crippen LogP) is 3.56. The average Bonchev–Trinajstić information content (AvgIpc) is 2.94. The Hall–Kier alpha value is -2.01. The fraction of sp³-hybridized carbons (Fsp3) is 0.267. The Morgan fingerprint density at radius 1 is 1.35 bits per heavy atom. The molecule has 1 atom stereocenters. The maximum absolute atomic E-state index is 5.77. The van der Waals surface area contributed by atoms with Gasteiger partial charge in [-0.25, -0.2) is 4.98 Å². The van der Waals surface area contributed by atoms with Crippen molar-refractivity contribution in [3.05, 3.63) is 40.1 Å². The summed E-state index contributed by atoms with van der Waals surface area (Å²) >= 11 is 1.85. The fourth-order valence-electron chi connectivity index (χ4n) is 2.28. The van der Waals surface area contributed by atoms with Crippen LogP contribution in [0.1, 0.15) is 16.7 Å². The number of nitrogen functional groups attached to an aromatic ring is 1. The second-order valence-corrected chi connectivity index (χ2v) is 6.50. The smallest absolute Gasteiger partial charge is 0.201 e. The van der Waals surface area contributed by atoms with Crippen LogP contribution < -0.4 is 11.1 Å². The first-order valence-electron chi connectivity index (χ1n) is 6.67. The molecule has 0 saturated heterocycles. The van der Waals surface area contributed by atoms with Gasteiger partial charge in [0.15, 0.2) is 0 Å². The number of nitrogens with two attached hydrogens (primary N) is 1. The van der Waals surface area contributed by atoms with Gasteiger partial charge in [-0.05, 0) is 44.2 Å². The van der Waals surface area contributed by atoms with Crippen molar-refractivity contribution >= 4 is 34.0 Å². The Balaban J connectivity index is 1.72. The van der Waals surface area contributed by atoms with E-state index in [1.54, 1.807) is 0 Å². The number of anilines is 2. The molecule has 104 valence electrons. The normalized spacial score (nSPS) is 12.7. The SMILES string of the molecule is Cc1ccc(CC(C)Nc2nc3ccc(N)cc3[nH]2)s1. The molecule has 3 rings (SSSR count). The summed E-state index contributed by atoms with van der Waals surface area (Å²) in [5.74, 6) is 0.798. The Labute approximate surface area is 122 Å². The number of H-pyrrole nitrogens is 1. The van der Waals surface area contributed by atoms with Gasteiger partial charge in [-0.2, -0.15) is 0 Å². The summed E-state index contributed by atoms with van der Waals surface area (Å²) in [5, 5.41) is 3.41. The molecule has 4 nitrogen and oxygen atoms in total. The van der Waals surface area contributed by atoms with Crippen molar-refractivity contribution in [3.8, 4) is 0 Å². The van der Waals surface area contributed by atoms with Crippen LogP contribution in [-0.4, -0.2) is 16.0 Å². The summed E-state index contributed by atoms with van der Waals surface area (Å²) in [5.41, 5.74) is 8.41. The molecule has 3 aromatic rings. The number of aromatic amines is 1. The molecule has 5 heteroatoms. The van der Waals surface area contributed by atoms with Crippen molar-refractivity contribution in [2.24, 2.45) is 0 Å². The molecule has 4 N–H and O–H groups in total. The van der Waals surface area contributed by atoms with E-state index in [2.05, 4.69) is 41.3 Å². The predicted molar refractivity (Wildman–Crippen MR) is 86.4 cm³/mol. The van der Waals surface area contributed by atoms with Crippen LogP contribution in [0.3, 0.4) is 0 Å². The Morgan fingerprint density at radius 2 is 2.20 bits per heavy atom. The highest BCUT2D eigenvalue weighted by Gasteiger charge is 2.08. The zero-order chi connectivity index (χ0) is 14.1. The van der Waals surface area contributed by atoms with E-state index in [9.17, 15) is 0 Å². The highest BCUT2D eigenvalue weighted by Crippen LogP contribution is 2.20. The van der Waals surface area contributed by atoms with Gasteiger partial charge in [0.25, 0.3) is 0 Å². The maximum atomic E-state index is 5.77. The molecule has 0 fully saturated rings. The van der Waals surface area contributed by atoms with Crippen LogP contribution in [-0.2, 0) is 6.42 Å². The van der Waals surface area contributed by atoms with Gasteiger partial charge in [-0.3, -0.25) is 0 Å². The fourth-order valence-corrected chi connectivity index (χ4v) is 3.30. The molecule has 2 heterocycles. The Bertz CT molecular complexity index is 728. The number of nitrogens with zero attached hydrogens (tertiary/aromatic N) is 1. The van der Waals surface area contributed by atoms with E-state index in [1.807, 2.05) is 29.5 Å². The monoisotopic (exact) mass is 286 g/mol. The van der Waals surface area contributed by atoms with Crippen molar-refractivity contribution in [3.63, 3.8) is 0 Å². The van der Waals surface area contributed by atoms with Crippen molar-refractivity contribution in [1.82, 2.24) is 9.97 Å². The third kappa shape index (κ3) is 2.77. The van der Waals surface area contributed by atoms with Crippen molar-refractivity contribution in [2.75, 3.05) is 11.1 Å². The van der Waals surface area contributed by atoms with Gasteiger partial charge in [-0.15, -0.1) is 11.3 Å². The van der Waals surface area contributed by atoms with Gasteiger partial charge >= 0.3 is 0 Å². The van der Waals surface area contributed by atoms with E-state index < -0.39 is 0 Å². The second kappa shape index (κ2) is 5.17. The summed E-state index contributed by atoms with van der Waals surface area (Å²) in [6, 6.07) is 10.4. The number of hydrogen-bond donors (Lipinski definition) is 3. The topological polar surface area (TPSA) is 66.7 Å². The molecule has 2 aromatic heterocycles. The van der Waals surface area contributed by atoms with Crippen molar-refractivity contribution in [1.29, 1.82) is 0 Å². The third-order valence-electron chi connectivity index (χ3n) is 3.19. The van der Waals surface area contributed by atoms with Crippen LogP contribution >= 0.6 is 11.3 Å². The number of rotatable bonds is 4. The van der Waals surface area contributed by atoms with E-state index in [-0.39, 0.29) is 0 Å². The van der Waals surface area contributed by atoms with Crippen LogP contribution in [0.25, 0.3) is 11.0 Å². The van der Waals surface area contributed by atoms with E-state index in [0.29, 0.717) is 6.04 Å². The van der Waals surface area contributed by atoms with Gasteiger partial charge in [0.05, 0.1) is 11.0 Å². The molecular weight excluding hydrogens is 268 g/mol. The van der Waals surface area contributed by atoms with Gasteiger partial charge in [-0.1, -0.05) is 0 Å². The van der Waals surface area contributed by atoms with Gasteiger partial charge in [0.1, 0.15) is 0 Å². The van der Waals surface area contributed by atoms with Crippen LogP contribution in [0.5, 0.6) is 0 Å². The van der Waals surface area contributed by atoms with Crippen LogP contribution in [0.2, 0.25) is 0 Å².